The molecule has 0 amide bonds. The van der Waals surface area contributed by atoms with Crippen LogP contribution in [0.5, 0.6) is 0 Å². The SMILES string of the molecule is Fc1cncc(CN2CCN(Cc3ccccn3)CC2)c1. The van der Waals surface area contributed by atoms with Gasteiger partial charge in [0, 0.05) is 51.7 Å². The molecule has 1 saturated heterocycles. The van der Waals surface area contributed by atoms with E-state index in [1.54, 1.807) is 12.3 Å². The Hall–Kier alpha value is -1.85. The summed E-state index contributed by atoms with van der Waals surface area (Å²) in [5.41, 5.74) is 2.05. The number of halogens is 1. The Kier molecular flexibility index (Phi) is 4.52. The van der Waals surface area contributed by atoms with Gasteiger partial charge in [-0.05, 0) is 23.8 Å². The summed E-state index contributed by atoms with van der Waals surface area (Å²) in [6.45, 7) is 5.67. The summed E-state index contributed by atoms with van der Waals surface area (Å²) >= 11 is 0. The molecule has 0 bridgehead atoms. The van der Waals surface area contributed by atoms with E-state index in [-0.39, 0.29) is 5.82 Å². The first kappa shape index (κ1) is 14.1. The van der Waals surface area contributed by atoms with E-state index in [2.05, 4.69) is 25.8 Å². The monoisotopic (exact) mass is 286 g/mol. The van der Waals surface area contributed by atoms with Gasteiger partial charge in [-0.25, -0.2) is 4.39 Å². The average Bonchev–Trinajstić information content (AvgIpc) is 2.50. The Balaban J connectivity index is 1.49. The van der Waals surface area contributed by atoms with Gasteiger partial charge in [0.05, 0.1) is 11.9 Å². The van der Waals surface area contributed by atoms with Crippen LogP contribution in [0.3, 0.4) is 0 Å². The lowest BCUT2D eigenvalue weighted by molar-refractivity contribution is 0.121. The smallest absolute Gasteiger partial charge is 0.141 e. The molecule has 1 fully saturated rings. The second-order valence-electron chi connectivity index (χ2n) is 5.38. The molecule has 0 aromatic carbocycles. The zero-order valence-electron chi connectivity index (χ0n) is 12.0. The van der Waals surface area contributed by atoms with Crippen LogP contribution in [0, 0.1) is 5.82 Å². The molecule has 0 saturated carbocycles. The zero-order chi connectivity index (χ0) is 14.5. The standard InChI is InChI=1S/C16H19FN4/c17-15-9-14(10-18-11-15)12-20-5-7-21(8-6-20)13-16-3-1-2-4-19-16/h1-4,9-11H,5-8,12-13H2. The van der Waals surface area contributed by atoms with Gasteiger partial charge >= 0.3 is 0 Å². The summed E-state index contributed by atoms with van der Waals surface area (Å²) in [6, 6.07) is 7.59. The lowest BCUT2D eigenvalue weighted by atomic mass is 10.2. The van der Waals surface area contributed by atoms with Crippen LogP contribution in [-0.4, -0.2) is 45.9 Å². The van der Waals surface area contributed by atoms with Crippen molar-refractivity contribution in [2.75, 3.05) is 26.2 Å². The molecule has 110 valence electrons. The van der Waals surface area contributed by atoms with Crippen LogP contribution >= 0.6 is 0 Å². The second-order valence-corrected chi connectivity index (χ2v) is 5.38. The Morgan fingerprint density at radius 1 is 1.00 bits per heavy atom. The van der Waals surface area contributed by atoms with E-state index in [0.717, 1.165) is 50.5 Å². The van der Waals surface area contributed by atoms with Gasteiger partial charge in [-0.2, -0.15) is 0 Å². The fourth-order valence-electron chi connectivity index (χ4n) is 2.63. The van der Waals surface area contributed by atoms with Crippen LogP contribution in [-0.2, 0) is 13.1 Å². The minimum Gasteiger partial charge on any atom is -0.296 e. The van der Waals surface area contributed by atoms with E-state index in [1.165, 1.54) is 6.20 Å². The fourth-order valence-corrected chi connectivity index (χ4v) is 2.63. The molecular formula is C16H19FN4. The highest BCUT2D eigenvalue weighted by atomic mass is 19.1. The van der Waals surface area contributed by atoms with Crippen molar-refractivity contribution >= 4 is 0 Å². The lowest BCUT2D eigenvalue weighted by Gasteiger charge is -2.34. The molecule has 0 unspecified atom stereocenters. The van der Waals surface area contributed by atoms with Crippen LogP contribution < -0.4 is 0 Å². The van der Waals surface area contributed by atoms with Crippen molar-refractivity contribution in [3.63, 3.8) is 0 Å². The van der Waals surface area contributed by atoms with Crippen LogP contribution in [0.15, 0.2) is 42.9 Å². The summed E-state index contributed by atoms with van der Waals surface area (Å²) in [7, 11) is 0. The van der Waals surface area contributed by atoms with E-state index in [0.29, 0.717) is 0 Å². The molecule has 4 nitrogen and oxygen atoms in total. The molecular weight excluding hydrogens is 267 g/mol. The molecule has 5 heteroatoms. The molecule has 2 aromatic heterocycles. The van der Waals surface area contributed by atoms with E-state index in [1.807, 2.05) is 18.3 Å². The summed E-state index contributed by atoms with van der Waals surface area (Å²) in [5, 5.41) is 0. The third-order valence-electron chi connectivity index (χ3n) is 3.74. The lowest BCUT2D eigenvalue weighted by Crippen LogP contribution is -2.45. The summed E-state index contributed by atoms with van der Waals surface area (Å²) in [4.78, 5) is 13.0. The van der Waals surface area contributed by atoms with Crippen LogP contribution in [0.2, 0.25) is 0 Å². The Labute approximate surface area is 124 Å². The molecule has 21 heavy (non-hydrogen) atoms. The molecule has 0 N–H and O–H groups in total. The van der Waals surface area contributed by atoms with Gasteiger partial charge < -0.3 is 0 Å². The number of hydrogen-bond acceptors (Lipinski definition) is 4. The first-order valence-corrected chi connectivity index (χ1v) is 7.24. The van der Waals surface area contributed by atoms with Crippen LogP contribution in [0.4, 0.5) is 4.39 Å². The number of hydrogen-bond donors (Lipinski definition) is 0. The van der Waals surface area contributed by atoms with Gasteiger partial charge in [-0.15, -0.1) is 0 Å². The minimum atomic E-state index is -0.263. The number of rotatable bonds is 4. The first-order valence-electron chi connectivity index (χ1n) is 7.24. The van der Waals surface area contributed by atoms with E-state index in [4.69, 9.17) is 0 Å². The Morgan fingerprint density at radius 3 is 2.43 bits per heavy atom. The van der Waals surface area contributed by atoms with E-state index >= 15 is 0 Å². The van der Waals surface area contributed by atoms with Crippen molar-refractivity contribution in [1.82, 2.24) is 19.8 Å². The summed E-state index contributed by atoms with van der Waals surface area (Å²) in [5.74, 6) is -0.263. The van der Waals surface area contributed by atoms with Gasteiger partial charge in [0.25, 0.3) is 0 Å². The van der Waals surface area contributed by atoms with Crippen molar-refractivity contribution < 1.29 is 4.39 Å². The molecule has 0 aliphatic carbocycles. The van der Waals surface area contributed by atoms with Crippen molar-refractivity contribution in [2.45, 2.75) is 13.1 Å². The summed E-state index contributed by atoms with van der Waals surface area (Å²) in [6.07, 6.45) is 4.82. The number of piperazine rings is 1. The van der Waals surface area contributed by atoms with Gasteiger partial charge in [0.15, 0.2) is 0 Å². The fraction of sp³-hybridized carbons (Fsp3) is 0.375. The van der Waals surface area contributed by atoms with Gasteiger partial charge in [0.1, 0.15) is 5.82 Å². The molecule has 0 atom stereocenters. The van der Waals surface area contributed by atoms with Crippen molar-refractivity contribution in [2.24, 2.45) is 0 Å². The van der Waals surface area contributed by atoms with Crippen molar-refractivity contribution in [3.05, 3.63) is 59.9 Å². The third kappa shape index (κ3) is 4.06. The van der Waals surface area contributed by atoms with Crippen LogP contribution in [0.1, 0.15) is 11.3 Å². The van der Waals surface area contributed by atoms with Gasteiger partial charge in [-0.3, -0.25) is 19.8 Å². The maximum absolute atomic E-state index is 13.1. The van der Waals surface area contributed by atoms with Crippen molar-refractivity contribution in [1.29, 1.82) is 0 Å². The molecule has 3 heterocycles. The molecule has 0 radical (unpaired) electrons. The average molecular weight is 286 g/mol. The normalized spacial score (nSPS) is 17.0. The molecule has 2 aromatic rings. The van der Waals surface area contributed by atoms with E-state index in [9.17, 15) is 4.39 Å². The molecule has 0 spiro atoms. The van der Waals surface area contributed by atoms with E-state index < -0.39 is 0 Å². The quantitative estimate of drug-likeness (QED) is 0.860. The largest absolute Gasteiger partial charge is 0.296 e. The predicted molar refractivity (Wildman–Crippen MR) is 79.0 cm³/mol. The molecule has 3 rings (SSSR count). The van der Waals surface area contributed by atoms with Gasteiger partial charge in [-0.1, -0.05) is 6.07 Å². The molecule has 1 aliphatic heterocycles. The topological polar surface area (TPSA) is 32.3 Å². The highest BCUT2D eigenvalue weighted by Gasteiger charge is 2.17. The summed E-state index contributed by atoms with van der Waals surface area (Å²) < 4.78 is 13.1. The maximum Gasteiger partial charge on any atom is 0.141 e. The third-order valence-corrected chi connectivity index (χ3v) is 3.74. The predicted octanol–water partition coefficient (Wildman–Crippen LogP) is 1.93. The van der Waals surface area contributed by atoms with Crippen molar-refractivity contribution in [3.8, 4) is 0 Å². The Bertz CT molecular complexity index is 567. The van der Waals surface area contributed by atoms with Gasteiger partial charge in [0.2, 0.25) is 0 Å². The number of aromatic nitrogens is 2. The zero-order valence-corrected chi connectivity index (χ0v) is 12.0. The minimum absolute atomic E-state index is 0.263. The van der Waals surface area contributed by atoms with Crippen LogP contribution in [0.25, 0.3) is 0 Å². The highest BCUT2D eigenvalue weighted by Crippen LogP contribution is 2.10. The number of nitrogens with zero attached hydrogens (tertiary/aromatic N) is 4. The second kappa shape index (κ2) is 6.74. The first-order chi connectivity index (χ1) is 10.3. The maximum atomic E-state index is 13.1. The molecule has 1 aliphatic rings. The Morgan fingerprint density at radius 2 is 1.76 bits per heavy atom. The number of pyridine rings is 2. The highest BCUT2D eigenvalue weighted by molar-refractivity contribution is 5.10.